The van der Waals surface area contributed by atoms with E-state index < -0.39 is 6.10 Å². The molecule has 134 valence electrons. The number of nitrogens with zero attached hydrogens (tertiary/aromatic N) is 3. The molecule has 0 bridgehead atoms. The van der Waals surface area contributed by atoms with Gasteiger partial charge in [-0.05, 0) is 32.9 Å². The highest BCUT2D eigenvalue weighted by Gasteiger charge is 2.22. The van der Waals surface area contributed by atoms with Crippen molar-refractivity contribution in [3.8, 4) is 17.2 Å². The van der Waals surface area contributed by atoms with Crippen LogP contribution < -0.4 is 14.2 Å². The highest BCUT2D eigenvalue weighted by atomic mass is 16.7. The molecule has 0 N–H and O–H groups in total. The van der Waals surface area contributed by atoms with Crippen LogP contribution in [0, 0.1) is 6.92 Å². The van der Waals surface area contributed by atoms with Gasteiger partial charge in [0, 0.05) is 38.0 Å². The number of likely N-dealkylation sites (N-methyl/N-ethyl adjacent to an activating group) is 1. The summed E-state index contributed by atoms with van der Waals surface area (Å²) in [7, 11) is 1.77. The minimum Gasteiger partial charge on any atom is -0.481 e. The van der Waals surface area contributed by atoms with Crippen LogP contribution in [0.3, 0.4) is 0 Å². The Morgan fingerprint density at radius 2 is 2.16 bits per heavy atom. The molecule has 1 aliphatic rings. The van der Waals surface area contributed by atoms with Crippen molar-refractivity contribution in [2.24, 2.45) is 0 Å². The van der Waals surface area contributed by atoms with E-state index in [4.69, 9.17) is 14.2 Å². The summed E-state index contributed by atoms with van der Waals surface area (Å²) < 4.78 is 18.2. The molecule has 0 spiro atoms. The van der Waals surface area contributed by atoms with Crippen LogP contribution >= 0.6 is 0 Å². The van der Waals surface area contributed by atoms with Gasteiger partial charge >= 0.3 is 0 Å². The molecule has 1 atom stereocenters. The van der Waals surface area contributed by atoms with Crippen molar-refractivity contribution in [1.82, 2.24) is 14.7 Å². The molecule has 7 heteroatoms. The second-order valence-electron chi connectivity index (χ2n) is 6.06. The van der Waals surface area contributed by atoms with Crippen LogP contribution in [0.4, 0.5) is 0 Å². The largest absolute Gasteiger partial charge is 0.481 e. The maximum Gasteiger partial charge on any atom is 0.263 e. The summed E-state index contributed by atoms with van der Waals surface area (Å²) in [6.07, 6.45) is 1.37. The molecule has 1 amide bonds. The van der Waals surface area contributed by atoms with Crippen molar-refractivity contribution >= 4 is 5.91 Å². The molecule has 0 fully saturated rings. The second-order valence-corrected chi connectivity index (χ2v) is 6.06. The molecule has 0 unspecified atom stereocenters. The van der Waals surface area contributed by atoms with Gasteiger partial charge in [-0.1, -0.05) is 0 Å². The lowest BCUT2D eigenvalue weighted by Crippen LogP contribution is -2.37. The quantitative estimate of drug-likeness (QED) is 0.804. The van der Waals surface area contributed by atoms with Gasteiger partial charge in [0.15, 0.2) is 17.6 Å². The molecule has 2 aromatic rings. The van der Waals surface area contributed by atoms with E-state index in [0.717, 1.165) is 17.8 Å². The SMILES string of the molecule is CCn1cc(CN(C)C(=O)[C@@H](C)Oc2ccc3c(c2)OCO3)c(C)n1. The number of rotatable bonds is 6. The van der Waals surface area contributed by atoms with E-state index in [9.17, 15) is 4.79 Å². The third kappa shape index (κ3) is 3.70. The van der Waals surface area contributed by atoms with Crippen molar-refractivity contribution in [2.75, 3.05) is 13.8 Å². The number of aromatic nitrogens is 2. The molecular formula is C18H23N3O4. The summed E-state index contributed by atoms with van der Waals surface area (Å²) in [5.41, 5.74) is 1.97. The van der Waals surface area contributed by atoms with Gasteiger partial charge in [-0.2, -0.15) is 5.10 Å². The summed E-state index contributed by atoms with van der Waals surface area (Å²) in [6, 6.07) is 5.29. The first-order valence-electron chi connectivity index (χ1n) is 8.32. The Balaban J connectivity index is 1.62. The zero-order valence-electron chi connectivity index (χ0n) is 15.0. The van der Waals surface area contributed by atoms with Crippen LogP contribution in [-0.4, -0.2) is 40.5 Å². The number of fused-ring (bicyclic) bond motifs is 1. The normalized spacial score (nSPS) is 13.6. The first kappa shape index (κ1) is 17.1. The van der Waals surface area contributed by atoms with Crippen LogP contribution in [0.2, 0.25) is 0 Å². The van der Waals surface area contributed by atoms with Crippen molar-refractivity contribution < 1.29 is 19.0 Å². The zero-order chi connectivity index (χ0) is 18.0. The molecule has 1 aromatic carbocycles. The number of benzene rings is 1. The Morgan fingerprint density at radius 1 is 1.40 bits per heavy atom. The average Bonchev–Trinajstić information content (AvgIpc) is 3.20. The monoisotopic (exact) mass is 345 g/mol. The van der Waals surface area contributed by atoms with Gasteiger partial charge in [0.2, 0.25) is 6.79 Å². The Labute approximate surface area is 147 Å². The smallest absolute Gasteiger partial charge is 0.263 e. The molecule has 0 saturated heterocycles. The van der Waals surface area contributed by atoms with Crippen LogP contribution in [0.5, 0.6) is 17.2 Å². The molecule has 0 aliphatic carbocycles. The molecule has 25 heavy (non-hydrogen) atoms. The Morgan fingerprint density at radius 3 is 2.88 bits per heavy atom. The lowest BCUT2D eigenvalue weighted by atomic mass is 10.2. The van der Waals surface area contributed by atoms with Gasteiger partial charge < -0.3 is 19.1 Å². The van der Waals surface area contributed by atoms with Crippen molar-refractivity contribution in [2.45, 2.75) is 40.0 Å². The van der Waals surface area contributed by atoms with Crippen molar-refractivity contribution in [3.05, 3.63) is 35.7 Å². The van der Waals surface area contributed by atoms with Gasteiger partial charge in [0.25, 0.3) is 5.91 Å². The molecule has 0 saturated carbocycles. The lowest BCUT2D eigenvalue weighted by Gasteiger charge is -2.22. The molecule has 2 heterocycles. The van der Waals surface area contributed by atoms with Crippen LogP contribution in [0.25, 0.3) is 0 Å². The standard InChI is InChI=1S/C18H23N3O4/c1-5-21-10-14(12(2)19-21)9-20(4)18(22)13(3)25-15-6-7-16-17(8-15)24-11-23-16/h6-8,10,13H,5,9,11H2,1-4H3/t13-/m1/s1. The van der Waals surface area contributed by atoms with Gasteiger partial charge in [-0.15, -0.1) is 0 Å². The Bertz CT molecular complexity index is 772. The van der Waals surface area contributed by atoms with Gasteiger partial charge in [-0.3, -0.25) is 9.48 Å². The highest BCUT2D eigenvalue weighted by Crippen LogP contribution is 2.35. The second kappa shape index (κ2) is 7.04. The number of hydrogen-bond donors (Lipinski definition) is 0. The van der Waals surface area contributed by atoms with Gasteiger partial charge in [0.05, 0.1) is 5.69 Å². The number of amides is 1. The maximum atomic E-state index is 12.6. The summed E-state index contributed by atoms with van der Waals surface area (Å²) in [5, 5.41) is 4.41. The van der Waals surface area contributed by atoms with Gasteiger partial charge in [0.1, 0.15) is 5.75 Å². The number of carbonyl (C=O) groups excluding carboxylic acids is 1. The van der Waals surface area contributed by atoms with Gasteiger partial charge in [-0.25, -0.2) is 0 Å². The van der Waals surface area contributed by atoms with Crippen LogP contribution in [-0.2, 0) is 17.9 Å². The predicted octanol–water partition coefficient (Wildman–Crippen LogP) is 2.37. The summed E-state index contributed by atoms with van der Waals surface area (Å²) in [5.74, 6) is 1.80. The summed E-state index contributed by atoms with van der Waals surface area (Å²) >= 11 is 0. The molecular weight excluding hydrogens is 322 g/mol. The lowest BCUT2D eigenvalue weighted by molar-refractivity contribution is -0.137. The fourth-order valence-electron chi connectivity index (χ4n) is 2.72. The third-order valence-corrected chi connectivity index (χ3v) is 4.16. The molecule has 1 aromatic heterocycles. The highest BCUT2D eigenvalue weighted by molar-refractivity contribution is 5.80. The van der Waals surface area contributed by atoms with E-state index in [1.54, 1.807) is 37.1 Å². The molecule has 7 nitrogen and oxygen atoms in total. The minimum atomic E-state index is -0.605. The topological polar surface area (TPSA) is 65.8 Å². The third-order valence-electron chi connectivity index (χ3n) is 4.16. The van der Waals surface area contributed by atoms with E-state index in [1.807, 2.05) is 24.7 Å². The zero-order valence-corrected chi connectivity index (χ0v) is 15.0. The molecule has 1 aliphatic heterocycles. The van der Waals surface area contributed by atoms with E-state index in [0.29, 0.717) is 23.8 Å². The first-order valence-corrected chi connectivity index (χ1v) is 8.32. The average molecular weight is 345 g/mol. The van der Waals surface area contributed by atoms with Crippen molar-refractivity contribution in [1.29, 1.82) is 0 Å². The van der Waals surface area contributed by atoms with Crippen molar-refractivity contribution in [3.63, 3.8) is 0 Å². The maximum absolute atomic E-state index is 12.6. The minimum absolute atomic E-state index is 0.0960. The van der Waals surface area contributed by atoms with E-state index >= 15 is 0 Å². The number of aryl methyl sites for hydroxylation is 2. The number of carbonyl (C=O) groups is 1. The number of ether oxygens (including phenoxy) is 3. The molecule has 0 radical (unpaired) electrons. The van der Waals surface area contributed by atoms with E-state index in [1.165, 1.54) is 0 Å². The van der Waals surface area contributed by atoms with Crippen LogP contribution in [0.15, 0.2) is 24.4 Å². The first-order chi connectivity index (χ1) is 12.0. The Hall–Kier alpha value is -2.70. The Kier molecular flexibility index (Phi) is 4.83. The van der Waals surface area contributed by atoms with E-state index in [-0.39, 0.29) is 12.7 Å². The fourth-order valence-corrected chi connectivity index (χ4v) is 2.72. The summed E-state index contributed by atoms with van der Waals surface area (Å²) in [6.45, 7) is 7.24. The fraction of sp³-hybridized carbons (Fsp3) is 0.444. The predicted molar refractivity (Wildman–Crippen MR) is 91.8 cm³/mol. The summed E-state index contributed by atoms with van der Waals surface area (Å²) in [4.78, 5) is 14.2. The van der Waals surface area contributed by atoms with E-state index in [2.05, 4.69) is 5.10 Å². The van der Waals surface area contributed by atoms with Crippen LogP contribution in [0.1, 0.15) is 25.1 Å². The molecule has 3 rings (SSSR count). The number of hydrogen-bond acceptors (Lipinski definition) is 5.